The number of aromatic nitrogens is 2. The van der Waals surface area contributed by atoms with Gasteiger partial charge in [-0.3, -0.25) is 4.79 Å². The number of para-hydroxylation sites is 3. The molecule has 0 bridgehead atoms. The van der Waals surface area contributed by atoms with E-state index in [1.54, 1.807) is 24.1 Å². The highest BCUT2D eigenvalue weighted by Crippen LogP contribution is 2.30. The zero-order chi connectivity index (χ0) is 21.6. The predicted molar refractivity (Wildman–Crippen MR) is 120 cm³/mol. The summed E-state index contributed by atoms with van der Waals surface area (Å²) in [4.78, 5) is 27.0. The fraction of sp³-hybridized carbons (Fsp3) is 0.273. The summed E-state index contributed by atoms with van der Waals surface area (Å²) in [6.45, 7) is 1.19. The molecule has 4 rings (SSSR count). The van der Waals surface area contributed by atoms with Gasteiger partial charge in [0.2, 0.25) is 5.01 Å². The second kappa shape index (κ2) is 9.57. The molecule has 0 radical (unpaired) electrons. The highest BCUT2D eigenvalue weighted by Gasteiger charge is 2.28. The summed E-state index contributed by atoms with van der Waals surface area (Å²) in [7, 11) is 1.57. The van der Waals surface area contributed by atoms with Gasteiger partial charge in [-0.2, -0.15) is 0 Å². The zero-order valence-corrected chi connectivity index (χ0v) is 17.9. The minimum Gasteiger partial charge on any atom is -0.495 e. The summed E-state index contributed by atoms with van der Waals surface area (Å²) in [6.07, 6.45) is 1.75. The number of carbonyl (C=O) groups excluding carboxylic acids is 2. The normalized spacial score (nSPS) is 15.9. The van der Waals surface area contributed by atoms with E-state index in [-0.39, 0.29) is 17.9 Å². The predicted octanol–water partition coefficient (Wildman–Crippen LogP) is 4.21. The van der Waals surface area contributed by atoms with Crippen molar-refractivity contribution >= 4 is 34.6 Å². The van der Waals surface area contributed by atoms with Crippen molar-refractivity contribution in [1.82, 2.24) is 15.1 Å². The molecule has 2 aromatic carbocycles. The first-order chi connectivity index (χ1) is 15.1. The molecule has 9 heteroatoms. The minimum atomic E-state index is -0.281. The van der Waals surface area contributed by atoms with Crippen LogP contribution in [0.15, 0.2) is 54.6 Å². The first-order valence-corrected chi connectivity index (χ1v) is 10.8. The molecule has 1 atom stereocenters. The fourth-order valence-corrected chi connectivity index (χ4v) is 4.37. The molecule has 1 saturated heterocycles. The summed E-state index contributed by atoms with van der Waals surface area (Å²) in [6, 6.07) is 16.4. The van der Waals surface area contributed by atoms with E-state index in [0.29, 0.717) is 35.2 Å². The Kier molecular flexibility index (Phi) is 6.42. The van der Waals surface area contributed by atoms with Crippen molar-refractivity contribution in [2.75, 3.05) is 30.8 Å². The monoisotopic (exact) mass is 437 g/mol. The van der Waals surface area contributed by atoms with E-state index in [2.05, 4.69) is 20.8 Å². The molecule has 160 valence electrons. The topological polar surface area (TPSA) is 96.4 Å². The van der Waals surface area contributed by atoms with E-state index >= 15 is 0 Å². The molecule has 3 aromatic rings. The minimum absolute atomic E-state index is 0.0490. The third-order valence-corrected chi connectivity index (χ3v) is 6.16. The molecule has 31 heavy (non-hydrogen) atoms. The molecule has 1 aromatic heterocycles. The molecule has 2 N–H and O–H groups in total. The Morgan fingerprint density at radius 3 is 2.65 bits per heavy atom. The number of nitrogens with zero attached hydrogens (tertiary/aromatic N) is 3. The van der Waals surface area contributed by atoms with E-state index in [9.17, 15) is 9.59 Å². The maximum absolute atomic E-state index is 12.8. The van der Waals surface area contributed by atoms with Crippen molar-refractivity contribution in [3.63, 3.8) is 0 Å². The van der Waals surface area contributed by atoms with Crippen molar-refractivity contribution in [1.29, 1.82) is 0 Å². The van der Waals surface area contributed by atoms with Crippen LogP contribution in [-0.2, 0) is 0 Å². The number of rotatable bonds is 5. The molecule has 2 heterocycles. The standard InChI is InChI=1S/C22H23N5O3S/c1-30-18-12-6-5-11-17(18)24-22(29)27-13-7-8-15(14-27)20-25-26-21(31-20)19(28)23-16-9-3-2-4-10-16/h2-6,9-12,15H,7-8,13-14H2,1H3,(H,23,28)(H,24,29)/t15-/m1/s1. The Morgan fingerprint density at radius 2 is 1.84 bits per heavy atom. The zero-order valence-electron chi connectivity index (χ0n) is 17.1. The van der Waals surface area contributed by atoms with E-state index in [1.165, 1.54) is 11.3 Å². The van der Waals surface area contributed by atoms with Crippen LogP contribution in [0.4, 0.5) is 16.2 Å². The lowest BCUT2D eigenvalue weighted by molar-refractivity contribution is 0.102. The number of hydrogen-bond acceptors (Lipinski definition) is 6. The number of piperidine rings is 1. The molecule has 0 saturated carbocycles. The summed E-state index contributed by atoms with van der Waals surface area (Å²) >= 11 is 1.28. The van der Waals surface area contributed by atoms with Gasteiger partial charge in [0.1, 0.15) is 10.8 Å². The maximum Gasteiger partial charge on any atom is 0.321 e. The number of ether oxygens (including phenoxy) is 1. The Balaban J connectivity index is 1.39. The van der Waals surface area contributed by atoms with Crippen molar-refractivity contribution in [2.45, 2.75) is 18.8 Å². The highest BCUT2D eigenvalue weighted by atomic mass is 32.1. The van der Waals surface area contributed by atoms with Crippen LogP contribution in [0, 0.1) is 0 Å². The number of hydrogen-bond donors (Lipinski definition) is 2. The van der Waals surface area contributed by atoms with Crippen LogP contribution >= 0.6 is 11.3 Å². The Labute approximate surface area is 184 Å². The van der Waals surface area contributed by atoms with E-state index in [4.69, 9.17) is 4.74 Å². The lowest BCUT2D eigenvalue weighted by Gasteiger charge is -2.31. The van der Waals surface area contributed by atoms with Gasteiger partial charge in [-0.15, -0.1) is 10.2 Å². The largest absolute Gasteiger partial charge is 0.495 e. The van der Waals surface area contributed by atoms with Crippen LogP contribution in [0.3, 0.4) is 0 Å². The number of anilines is 2. The molecular formula is C22H23N5O3S. The van der Waals surface area contributed by atoms with Gasteiger partial charge >= 0.3 is 6.03 Å². The van der Waals surface area contributed by atoms with Crippen molar-refractivity contribution in [3.8, 4) is 5.75 Å². The van der Waals surface area contributed by atoms with Gasteiger partial charge in [0.05, 0.1) is 12.8 Å². The Hall–Kier alpha value is -3.46. The SMILES string of the molecule is COc1ccccc1NC(=O)N1CCC[C@@H](c2nnc(C(=O)Nc3ccccc3)s2)C1. The van der Waals surface area contributed by atoms with Crippen molar-refractivity contribution < 1.29 is 14.3 Å². The van der Waals surface area contributed by atoms with E-state index < -0.39 is 0 Å². The summed E-state index contributed by atoms with van der Waals surface area (Å²) in [5, 5.41) is 15.1. The van der Waals surface area contributed by atoms with Gasteiger partial charge in [0, 0.05) is 24.7 Å². The van der Waals surface area contributed by atoms with Gasteiger partial charge in [-0.05, 0) is 37.1 Å². The number of likely N-dealkylation sites (tertiary alicyclic amines) is 1. The van der Waals surface area contributed by atoms with E-state index in [1.807, 2.05) is 42.5 Å². The van der Waals surface area contributed by atoms with Gasteiger partial charge in [-0.1, -0.05) is 41.7 Å². The van der Waals surface area contributed by atoms with Crippen LogP contribution in [0.1, 0.15) is 33.6 Å². The molecule has 0 aliphatic carbocycles. The van der Waals surface area contributed by atoms with E-state index in [0.717, 1.165) is 17.8 Å². The van der Waals surface area contributed by atoms with Crippen molar-refractivity contribution in [2.24, 2.45) is 0 Å². The number of carbonyl (C=O) groups is 2. The molecule has 0 spiro atoms. The van der Waals surface area contributed by atoms with Crippen LogP contribution in [0.2, 0.25) is 0 Å². The molecule has 3 amide bonds. The molecule has 1 aliphatic rings. The summed E-state index contributed by atoms with van der Waals surface area (Å²) < 4.78 is 5.30. The van der Waals surface area contributed by atoms with Crippen molar-refractivity contribution in [3.05, 3.63) is 64.6 Å². The lowest BCUT2D eigenvalue weighted by atomic mass is 9.99. The average molecular weight is 438 g/mol. The lowest BCUT2D eigenvalue weighted by Crippen LogP contribution is -2.41. The first kappa shape index (κ1) is 20.8. The number of benzene rings is 2. The van der Waals surface area contributed by atoms with Crippen LogP contribution < -0.4 is 15.4 Å². The molecule has 0 unspecified atom stereocenters. The third kappa shape index (κ3) is 5.00. The first-order valence-electron chi connectivity index (χ1n) is 10.0. The molecular weight excluding hydrogens is 414 g/mol. The molecule has 1 aliphatic heterocycles. The van der Waals surface area contributed by atoms with Gasteiger partial charge < -0.3 is 20.3 Å². The Morgan fingerprint density at radius 1 is 1.06 bits per heavy atom. The second-order valence-corrected chi connectivity index (χ2v) is 8.19. The maximum atomic E-state index is 12.8. The molecule has 8 nitrogen and oxygen atoms in total. The fourth-order valence-electron chi connectivity index (χ4n) is 3.50. The van der Waals surface area contributed by atoms with Crippen LogP contribution in [0.25, 0.3) is 0 Å². The van der Waals surface area contributed by atoms with Gasteiger partial charge in [0.15, 0.2) is 0 Å². The number of nitrogens with one attached hydrogen (secondary N) is 2. The average Bonchev–Trinajstić information content (AvgIpc) is 3.31. The molecule has 1 fully saturated rings. The number of amides is 3. The van der Waals surface area contributed by atoms with Gasteiger partial charge in [-0.25, -0.2) is 4.79 Å². The quantitative estimate of drug-likeness (QED) is 0.623. The second-order valence-electron chi connectivity index (χ2n) is 7.18. The smallest absolute Gasteiger partial charge is 0.321 e. The number of methoxy groups -OCH3 is 1. The number of urea groups is 1. The Bertz CT molecular complexity index is 1060. The summed E-state index contributed by atoms with van der Waals surface area (Å²) in [5.74, 6) is 0.382. The van der Waals surface area contributed by atoms with Gasteiger partial charge in [0.25, 0.3) is 5.91 Å². The third-order valence-electron chi connectivity index (χ3n) is 5.07. The summed E-state index contributed by atoms with van der Waals surface area (Å²) in [5.41, 5.74) is 1.34. The highest BCUT2D eigenvalue weighted by molar-refractivity contribution is 7.13. The van der Waals surface area contributed by atoms with Crippen LogP contribution in [0.5, 0.6) is 5.75 Å². The van der Waals surface area contributed by atoms with Crippen LogP contribution in [-0.4, -0.2) is 47.2 Å².